The largest absolute Gasteiger partial charge is 0.494 e. The first kappa shape index (κ1) is 28.3. The number of hydrogen-bond donors (Lipinski definition) is 0. The van der Waals surface area contributed by atoms with Crippen LogP contribution in [0.15, 0.2) is 41.1 Å². The molecule has 1 aromatic carbocycles. The molecule has 0 atom stereocenters. The molecule has 0 amide bonds. The van der Waals surface area contributed by atoms with Crippen LogP contribution >= 0.6 is 11.3 Å². The molecule has 0 N–H and O–H groups in total. The molecule has 3 rings (SSSR count). The molecule has 0 saturated heterocycles. The Morgan fingerprint density at radius 1 is 0.743 bits per heavy atom. The topological polar surface area (TPSA) is 18.5 Å². The van der Waals surface area contributed by atoms with E-state index >= 15 is 0 Å². The summed E-state index contributed by atoms with van der Waals surface area (Å²) < 4.78 is 11.8. The Hall–Kier alpha value is -1.32. The maximum absolute atomic E-state index is 6.02. The molecule has 35 heavy (non-hydrogen) atoms. The summed E-state index contributed by atoms with van der Waals surface area (Å²) in [4.78, 5) is 0. The lowest BCUT2D eigenvalue weighted by Crippen LogP contribution is -2.13. The van der Waals surface area contributed by atoms with E-state index in [4.69, 9.17) is 9.47 Å². The highest BCUT2D eigenvalue weighted by Crippen LogP contribution is 2.38. The maximum atomic E-state index is 6.02. The summed E-state index contributed by atoms with van der Waals surface area (Å²) >= 11 is 1.74. The number of benzene rings is 1. The molecular formula is C32H50O2S. The van der Waals surface area contributed by atoms with Crippen LogP contribution in [0.2, 0.25) is 0 Å². The zero-order valence-corrected chi connectivity index (χ0v) is 23.2. The lowest BCUT2D eigenvalue weighted by Gasteiger charge is -2.29. The van der Waals surface area contributed by atoms with Crippen LogP contribution < -0.4 is 4.74 Å². The van der Waals surface area contributed by atoms with Crippen LogP contribution in [0, 0.1) is 5.92 Å². The van der Waals surface area contributed by atoms with E-state index in [0.717, 1.165) is 37.4 Å². The van der Waals surface area contributed by atoms with Crippen molar-refractivity contribution in [2.24, 2.45) is 5.92 Å². The highest BCUT2D eigenvalue weighted by atomic mass is 32.1. The first-order valence-electron chi connectivity index (χ1n) is 14.7. The van der Waals surface area contributed by atoms with E-state index in [-0.39, 0.29) is 0 Å². The number of unbranched alkanes of at least 4 members (excludes halogenated alkanes) is 9. The van der Waals surface area contributed by atoms with Crippen LogP contribution in [-0.2, 0) is 11.3 Å². The van der Waals surface area contributed by atoms with Crippen molar-refractivity contribution in [2.75, 3.05) is 13.2 Å². The summed E-state index contributed by atoms with van der Waals surface area (Å²) in [5, 5.41) is 4.28. The smallest absolute Gasteiger partial charge is 0.119 e. The van der Waals surface area contributed by atoms with Crippen molar-refractivity contribution in [3.63, 3.8) is 0 Å². The van der Waals surface area contributed by atoms with E-state index in [1.807, 2.05) is 0 Å². The zero-order chi connectivity index (χ0) is 24.4. The van der Waals surface area contributed by atoms with Crippen molar-refractivity contribution in [2.45, 2.75) is 122 Å². The Labute approximate surface area is 219 Å². The quantitative estimate of drug-likeness (QED) is 0.179. The molecule has 0 aliphatic heterocycles. The average molecular weight is 499 g/mol. The monoisotopic (exact) mass is 498 g/mol. The third kappa shape index (κ3) is 12.0. The van der Waals surface area contributed by atoms with E-state index in [1.54, 1.807) is 11.3 Å². The van der Waals surface area contributed by atoms with Gasteiger partial charge in [-0.2, -0.15) is 11.3 Å². The van der Waals surface area contributed by atoms with Crippen molar-refractivity contribution >= 4 is 11.3 Å². The first-order chi connectivity index (χ1) is 17.3. The molecule has 0 bridgehead atoms. The van der Waals surface area contributed by atoms with E-state index in [1.165, 1.54) is 114 Å². The van der Waals surface area contributed by atoms with Gasteiger partial charge in [0.1, 0.15) is 5.75 Å². The number of ether oxygens (including phenoxy) is 2. The Bertz CT molecular complexity index is 731. The average Bonchev–Trinajstić information content (AvgIpc) is 3.41. The molecule has 1 fully saturated rings. The molecule has 1 aromatic heterocycles. The molecule has 1 aliphatic rings. The van der Waals surface area contributed by atoms with Crippen LogP contribution in [0.5, 0.6) is 5.75 Å². The Kier molecular flexibility index (Phi) is 14.5. The van der Waals surface area contributed by atoms with Crippen LogP contribution in [0.25, 0.3) is 0 Å². The third-order valence-electron chi connectivity index (χ3n) is 7.71. The third-order valence-corrected chi connectivity index (χ3v) is 8.45. The van der Waals surface area contributed by atoms with E-state index in [9.17, 15) is 0 Å². The highest BCUT2D eigenvalue weighted by molar-refractivity contribution is 7.07. The van der Waals surface area contributed by atoms with Gasteiger partial charge in [0.05, 0.1) is 13.2 Å². The fraction of sp³-hybridized carbons (Fsp3) is 0.688. The molecule has 0 unspecified atom stereocenters. The zero-order valence-electron chi connectivity index (χ0n) is 22.4. The van der Waals surface area contributed by atoms with E-state index in [0.29, 0.717) is 0 Å². The molecule has 0 radical (unpaired) electrons. The number of thiophene rings is 1. The molecular weight excluding hydrogens is 448 g/mol. The fourth-order valence-corrected chi connectivity index (χ4v) is 6.08. The minimum atomic E-state index is 0.769. The van der Waals surface area contributed by atoms with Crippen molar-refractivity contribution in [3.8, 4) is 5.75 Å². The second-order valence-electron chi connectivity index (χ2n) is 10.6. The SMILES string of the molecule is CCCCCC1CCC(c2ccc(OCCCCCCCCCCOCc3ccsc3)cc2)CC1. The highest BCUT2D eigenvalue weighted by Gasteiger charge is 2.22. The second kappa shape index (κ2) is 18.0. The molecule has 2 aromatic rings. The standard InChI is InChI=1S/C32H50O2S/c1-2-3-10-13-28-14-16-30(17-15-28)31-18-20-32(21-19-31)34-24-12-9-7-5-4-6-8-11-23-33-26-29-22-25-35-27-29/h18-22,25,27-28,30H,2-17,23-24,26H2,1H3. The maximum Gasteiger partial charge on any atom is 0.119 e. The van der Waals surface area contributed by atoms with Crippen molar-refractivity contribution < 1.29 is 9.47 Å². The summed E-state index contributed by atoms with van der Waals surface area (Å²) in [5.41, 5.74) is 2.83. The number of hydrogen-bond acceptors (Lipinski definition) is 3. The van der Waals surface area contributed by atoms with Gasteiger partial charge in [-0.3, -0.25) is 0 Å². The summed E-state index contributed by atoms with van der Waals surface area (Å²) in [6, 6.07) is 11.2. The minimum Gasteiger partial charge on any atom is -0.494 e. The summed E-state index contributed by atoms with van der Waals surface area (Å²) in [6.45, 7) is 4.83. The second-order valence-corrected chi connectivity index (χ2v) is 11.4. The van der Waals surface area contributed by atoms with Gasteiger partial charge in [-0.05, 0) is 90.4 Å². The summed E-state index contributed by atoms with van der Waals surface area (Å²) in [5.74, 6) is 2.80. The normalized spacial score (nSPS) is 18.1. The van der Waals surface area contributed by atoms with Gasteiger partial charge < -0.3 is 9.47 Å². The predicted molar refractivity (Wildman–Crippen MR) is 152 cm³/mol. The molecule has 1 heterocycles. The summed E-state index contributed by atoms with van der Waals surface area (Å²) in [7, 11) is 0. The van der Waals surface area contributed by atoms with Crippen LogP contribution in [0.4, 0.5) is 0 Å². The van der Waals surface area contributed by atoms with Gasteiger partial charge >= 0.3 is 0 Å². The van der Waals surface area contributed by atoms with Gasteiger partial charge in [-0.15, -0.1) is 0 Å². The Morgan fingerprint density at radius 3 is 2.09 bits per heavy atom. The van der Waals surface area contributed by atoms with Crippen molar-refractivity contribution in [1.29, 1.82) is 0 Å². The molecule has 1 aliphatic carbocycles. The lowest BCUT2D eigenvalue weighted by atomic mass is 9.77. The van der Waals surface area contributed by atoms with Crippen LogP contribution in [-0.4, -0.2) is 13.2 Å². The van der Waals surface area contributed by atoms with Gasteiger partial charge in [0.25, 0.3) is 0 Å². The van der Waals surface area contributed by atoms with E-state index < -0.39 is 0 Å². The molecule has 1 saturated carbocycles. The Balaban J connectivity index is 1.12. The van der Waals surface area contributed by atoms with Gasteiger partial charge in [0, 0.05) is 6.61 Å². The Morgan fingerprint density at radius 2 is 1.43 bits per heavy atom. The van der Waals surface area contributed by atoms with Gasteiger partial charge in [0.15, 0.2) is 0 Å². The molecule has 2 nitrogen and oxygen atoms in total. The summed E-state index contributed by atoms with van der Waals surface area (Å²) in [6.07, 6.45) is 21.6. The van der Waals surface area contributed by atoms with E-state index in [2.05, 4.69) is 48.0 Å². The first-order valence-corrected chi connectivity index (χ1v) is 15.6. The van der Waals surface area contributed by atoms with Gasteiger partial charge in [-0.1, -0.05) is 83.3 Å². The van der Waals surface area contributed by atoms with Crippen molar-refractivity contribution in [3.05, 3.63) is 52.2 Å². The lowest BCUT2D eigenvalue weighted by molar-refractivity contribution is 0.117. The fourth-order valence-electron chi connectivity index (χ4n) is 5.43. The minimum absolute atomic E-state index is 0.769. The molecule has 3 heteroatoms. The van der Waals surface area contributed by atoms with Gasteiger partial charge in [0.2, 0.25) is 0 Å². The van der Waals surface area contributed by atoms with Gasteiger partial charge in [-0.25, -0.2) is 0 Å². The van der Waals surface area contributed by atoms with Crippen LogP contribution in [0.1, 0.15) is 127 Å². The number of rotatable bonds is 19. The molecule has 0 spiro atoms. The predicted octanol–water partition coefficient (Wildman–Crippen LogP) is 10.3. The van der Waals surface area contributed by atoms with Crippen LogP contribution in [0.3, 0.4) is 0 Å². The molecule has 196 valence electrons. The van der Waals surface area contributed by atoms with Crippen molar-refractivity contribution in [1.82, 2.24) is 0 Å².